The third-order valence-corrected chi connectivity index (χ3v) is 6.36. The normalized spacial score (nSPS) is 20.0. The van der Waals surface area contributed by atoms with Gasteiger partial charge in [-0.25, -0.2) is 9.18 Å². The van der Waals surface area contributed by atoms with E-state index in [2.05, 4.69) is 16.2 Å². The molecule has 2 aromatic rings. The van der Waals surface area contributed by atoms with Crippen molar-refractivity contribution in [3.8, 4) is 11.5 Å². The van der Waals surface area contributed by atoms with Crippen molar-refractivity contribution >= 4 is 6.03 Å². The number of hydrogen-bond acceptors (Lipinski definition) is 5. The van der Waals surface area contributed by atoms with E-state index in [0.29, 0.717) is 12.6 Å². The molecule has 3 N–H and O–H groups in total. The summed E-state index contributed by atoms with van der Waals surface area (Å²) >= 11 is 0. The molecule has 4 rings (SSSR count). The second-order valence-electron chi connectivity index (χ2n) is 8.88. The van der Waals surface area contributed by atoms with Crippen LogP contribution in [0.15, 0.2) is 42.5 Å². The number of unbranched alkanes of at least 4 members (excludes halogenated alkanes) is 2. The number of benzene rings is 2. The zero-order valence-electron chi connectivity index (χ0n) is 19.3. The predicted molar refractivity (Wildman–Crippen MR) is 124 cm³/mol. The molecule has 2 aliphatic rings. The molecule has 0 aromatic heterocycles. The van der Waals surface area contributed by atoms with Crippen LogP contribution in [0.3, 0.4) is 0 Å². The summed E-state index contributed by atoms with van der Waals surface area (Å²) in [4.78, 5) is 14.3. The van der Waals surface area contributed by atoms with Gasteiger partial charge in [0, 0.05) is 25.7 Å². The molecule has 7 nitrogen and oxygen atoms in total. The van der Waals surface area contributed by atoms with Crippen LogP contribution in [0.25, 0.3) is 0 Å². The van der Waals surface area contributed by atoms with Gasteiger partial charge >= 0.3 is 6.03 Å². The number of fused-ring (bicyclic) bond motifs is 1. The number of carbonyl (C=O) groups excluding carboxylic acids is 1. The quantitative estimate of drug-likeness (QED) is 0.487. The molecular weight excluding hydrogens is 423 g/mol. The van der Waals surface area contributed by atoms with Crippen LogP contribution in [0.5, 0.6) is 11.5 Å². The highest BCUT2D eigenvalue weighted by Gasteiger charge is 2.24. The van der Waals surface area contributed by atoms with Gasteiger partial charge in [-0.15, -0.1) is 0 Å². The fraction of sp³-hybridized carbons (Fsp3) is 0.480. The highest BCUT2D eigenvalue weighted by atomic mass is 19.1. The first kappa shape index (κ1) is 23.3. The van der Waals surface area contributed by atoms with Gasteiger partial charge < -0.3 is 19.7 Å². The molecule has 2 aromatic carbocycles. The highest BCUT2D eigenvalue weighted by Crippen LogP contribution is 2.34. The number of nitrogens with zero attached hydrogens (tertiary/aromatic N) is 1. The van der Waals surface area contributed by atoms with Crippen molar-refractivity contribution in [3.05, 3.63) is 59.4 Å². The number of rotatable bonds is 9. The Morgan fingerprint density at radius 2 is 2.00 bits per heavy atom. The van der Waals surface area contributed by atoms with Crippen molar-refractivity contribution in [1.29, 1.82) is 0 Å². The van der Waals surface area contributed by atoms with E-state index in [-0.39, 0.29) is 30.7 Å². The van der Waals surface area contributed by atoms with E-state index in [1.807, 2.05) is 38.2 Å². The summed E-state index contributed by atoms with van der Waals surface area (Å²) in [5.74, 6) is 1.26. The first-order valence-corrected chi connectivity index (χ1v) is 11.7. The second-order valence-corrected chi connectivity index (χ2v) is 8.88. The average molecular weight is 457 g/mol. The fourth-order valence-electron chi connectivity index (χ4n) is 4.33. The summed E-state index contributed by atoms with van der Waals surface area (Å²) in [6.45, 7) is 2.91. The Bertz CT molecular complexity index is 957. The third kappa shape index (κ3) is 6.15. The first-order valence-electron chi connectivity index (χ1n) is 11.7. The van der Waals surface area contributed by atoms with Crippen LogP contribution in [0.2, 0.25) is 0 Å². The van der Waals surface area contributed by atoms with Gasteiger partial charge in [0.25, 0.3) is 0 Å². The molecule has 3 unspecified atom stereocenters. The lowest BCUT2D eigenvalue weighted by molar-refractivity contribution is 0.174. The van der Waals surface area contributed by atoms with Gasteiger partial charge in [0.2, 0.25) is 6.79 Å². The maximum absolute atomic E-state index is 13.4. The minimum absolute atomic E-state index is 0.0836. The van der Waals surface area contributed by atoms with Crippen molar-refractivity contribution in [3.63, 3.8) is 0 Å². The van der Waals surface area contributed by atoms with Crippen LogP contribution in [0, 0.1) is 5.82 Å². The number of urea groups is 1. The van der Waals surface area contributed by atoms with Gasteiger partial charge in [0.1, 0.15) is 5.82 Å². The Balaban J connectivity index is 1.11. The van der Waals surface area contributed by atoms with E-state index >= 15 is 0 Å². The van der Waals surface area contributed by atoms with Crippen molar-refractivity contribution in [2.75, 3.05) is 20.4 Å². The minimum atomic E-state index is -0.198. The van der Waals surface area contributed by atoms with Crippen LogP contribution in [-0.4, -0.2) is 37.4 Å². The van der Waals surface area contributed by atoms with Gasteiger partial charge in [-0.1, -0.05) is 31.0 Å². The van der Waals surface area contributed by atoms with E-state index in [1.54, 1.807) is 17.0 Å². The number of hydrogen-bond donors (Lipinski definition) is 3. The van der Waals surface area contributed by atoms with Crippen molar-refractivity contribution < 1.29 is 18.7 Å². The van der Waals surface area contributed by atoms with E-state index in [0.717, 1.165) is 54.7 Å². The van der Waals surface area contributed by atoms with Crippen molar-refractivity contribution in [2.24, 2.45) is 0 Å². The number of halogens is 1. The fourth-order valence-corrected chi connectivity index (χ4v) is 4.33. The van der Waals surface area contributed by atoms with Crippen LogP contribution >= 0.6 is 0 Å². The molecule has 2 heterocycles. The maximum atomic E-state index is 13.4. The maximum Gasteiger partial charge on any atom is 0.317 e. The van der Waals surface area contributed by atoms with Gasteiger partial charge in [-0.3, -0.25) is 10.9 Å². The summed E-state index contributed by atoms with van der Waals surface area (Å²) in [6, 6.07) is 12.8. The van der Waals surface area contributed by atoms with Crippen molar-refractivity contribution in [1.82, 2.24) is 21.1 Å². The molecule has 0 bridgehead atoms. The smallest absolute Gasteiger partial charge is 0.317 e. The third-order valence-electron chi connectivity index (χ3n) is 6.36. The zero-order chi connectivity index (χ0) is 23.2. The van der Waals surface area contributed by atoms with E-state index in [9.17, 15) is 9.18 Å². The second kappa shape index (κ2) is 10.9. The SMILES string of the molecule is CC(NC(=O)N(C)CCCCCC1CC(c2cccc(F)c2)NN1)c1ccc2c(c1)OCO2. The van der Waals surface area contributed by atoms with Gasteiger partial charge in [0.05, 0.1) is 6.04 Å². The van der Waals surface area contributed by atoms with Gasteiger partial charge in [-0.05, 0) is 61.6 Å². The molecule has 0 spiro atoms. The summed E-state index contributed by atoms with van der Waals surface area (Å²) in [6.07, 6.45) is 5.09. The summed E-state index contributed by atoms with van der Waals surface area (Å²) in [5.41, 5.74) is 8.57. The first-order chi connectivity index (χ1) is 16.0. The molecule has 3 atom stereocenters. The number of hydrazine groups is 1. The Morgan fingerprint density at radius 3 is 2.85 bits per heavy atom. The topological polar surface area (TPSA) is 74.9 Å². The molecule has 33 heavy (non-hydrogen) atoms. The van der Waals surface area contributed by atoms with E-state index in [4.69, 9.17) is 9.47 Å². The van der Waals surface area contributed by atoms with Gasteiger partial charge in [0.15, 0.2) is 11.5 Å². The highest BCUT2D eigenvalue weighted by molar-refractivity contribution is 5.74. The largest absolute Gasteiger partial charge is 0.454 e. The summed E-state index contributed by atoms with van der Waals surface area (Å²) in [7, 11) is 1.83. The summed E-state index contributed by atoms with van der Waals surface area (Å²) < 4.78 is 24.2. The lowest BCUT2D eigenvalue weighted by Gasteiger charge is -2.22. The van der Waals surface area contributed by atoms with Gasteiger partial charge in [-0.2, -0.15) is 0 Å². The van der Waals surface area contributed by atoms with Crippen LogP contribution in [-0.2, 0) is 0 Å². The number of nitrogens with one attached hydrogen (secondary N) is 3. The van der Waals surface area contributed by atoms with Crippen LogP contribution < -0.4 is 25.6 Å². The van der Waals surface area contributed by atoms with E-state index in [1.165, 1.54) is 6.07 Å². The lowest BCUT2D eigenvalue weighted by Crippen LogP contribution is -2.39. The average Bonchev–Trinajstić information content (AvgIpc) is 3.47. The molecule has 178 valence electrons. The van der Waals surface area contributed by atoms with Crippen LogP contribution in [0.1, 0.15) is 62.2 Å². The Labute approximate surface area is 194 Å². The molecule has 2 aliphatic heterocycles. The molecule has 0 radical (unpaired) electrons. The lowest BCUT2D eigenvalue weighted by atomic mass is 9.99. The molecule has 0 saturated carbocycles. The minimum Gasteiger partial charge on any atom is -0.454 e. The van der Waals surface area contributed by atoms with E-state index < -0.39 is 0 Å². The standard InChI is InChI=1S/C25H33FN4O3/c1-17(18-10-11-23-24(14-18)33-16-32-23)27-25(31)30(2)12-5-3-4-9-21-15-22(29-28-21)19-7-6-8-20(26)13-19/h6-8,10-11,13-14,17,21-22,28-29H,3-5,9,12,15-16H2,1-2H3,(H,27,31). The van der Waals surface area contributed by atoms with Crippen molar-refractivity contribution in [2.45, 2.75) is 57.2 Å². The number of carbonyl (C=O) groups is 1. The Morgan fingerprint density at radius 1 is 1.15 bits per heavy atom. The molecule has 1 saturated heterocycles. The number of ether oxygens (including phenoxy) is 2. The molecule has 0 aliphatic carbocycles. The number of amides is 2. The monoisotopic (exact) mass is 456 g/mol. The predicted octanol–water partition coefficient (Wildman–Crippen LogP) is 4.43. The summed E-state index contributed by atoms with van der Waals surface area (Å²) in [5, 5.41) is 3.04. The van der Waals surface area contributed by atoms with Crippen LogP contribution in [0.4, 0.5) is 9.18 Å². The Hall–Kier alpha value is -2.84. The molecule has 2 amide bonds. The molecular formula is C25H33FN4O3. The molecule has 8 heteroatoms. The zero-order valence-corrected chi connectivity index (χ0v) is 19.3. The Kier molecular flexibility index (Phi) is 7.67. The molecule has 1 fully saturated rings.